The van der Waals surface area contributed by atoms with Gasteiger partial charge in [0, 0.05) is 30.8 Å². The molecule has 2 rings (SSSR count). The van der Waals surface area contributed by atoms with E-state index in [0.29, 0.717) is 13.0 Å². The van der Waals surface area contributed by atoms with Crippen LogP contribution in [0.15, 0.2) is 42.9 Å². The van der Waals surface area contributed by atoms with Gasteiger partial charge in [0.05, 0.1) is 6.33 Å². The van der Waals surface area contributed by atoms with Crippen molar-refractivity contribution in [2.24, 2.45) is 5.92 Å². The van der Waals surface area contributed by atoms with E-state index in [9.17, 15) is 4.79 Å². The first kappa shape index (κ1) is 13.3. The summed E-state index contributed by atoms with van der Waals surface area (Å²) >= 11 is 0. The topological polar surface area (TPSA) is 57.8 Å². The first-order chi connectivity index (χ1) is 9.25. The number of carbonyl (C=O) groups excluding carboxylic acids is 1. The molecule has 1 atom stereocenters. The van der Waals surface area contributed by atoms with Gasteiger partial charge in [-0.2, -0.15) is 0 Å². The summed E-state index contributed by atoms with van der Waals surface area (Å²) in [6.07, 6.45) is 4.95. The van der Waals surface area contributed by atoms with Gasteiger partial charge in [-0.25, -0.2) is 4.98 Å². The molecule has 0 spiro atoms. The SMILES string of the molecule is CC(Cc1cnc[nH]1)C(=O)NCCc1ccccc1. The summed E-state index contributed by atoms with van der Waals surface area (Å²) in [7, 11) is 0. The number of hydrogen-bond donors (Lipinski definition) is 2. The number of hydrogen-bond acceptors (Lipinski definition) is 2. The van der Waals surface area contributed by atoms with Gasteiger partial charge in [0.1, 0.15) is 0 Å². The van der Waals surface area contributed by atoms with Crippen molar-refractivity contribution in [3.05, 3.63) is 54.1 Å². The summed E-state index contributed by atoms with van der Waals surface area (Å²) in [5, 5.41) is 2.97. The molecule has 2 aromatic rings. The number of amides is 1. The van der Waals surface area contributed by atoms with Crippen molar-refractivity contribution in [3.63, 3.8) is 0 Å². The Balaban J connectivity index is 1.72. The molecule has 0 aliphatic heterocycles. The van der Waals surface area contributed by atoms with Crippen molar-refractivity contribution in [2.45, 2.75) is 19.8 Å². The van der Waals surface area contributed by atoms with Crippen molar-refractivity contribution in [2.75, 3.05) is 6.54 Å². The highest BCUT2D eigenvalue weighted by molar-refractivity contribution is 5.78. The Kier molecular flexibility index (Phi) is 4.72. The van der Waals surface area contributed by atoms with Crippen molar-refractivity contribution >= 4 is 5.91 Å². The number of imidazole rings is 1. The van der Waals surface area contributed by atoms with Crippen LogP contribution in [0.25, 0.3) is 0 Å². The Morgan fingerprint density at radius 3 is 2.84 bits per heavy atom. The predicted molar refractivity (Wildman–Crippen MR) is 74.6 cm³/mol. The number of carbonyl (C=O) groups is 1. The first-order valence-electron chi connectivity index (χ1n) is 6.54. The average molecular weight is 257 g/mol. The zero-order chi connectivity index (χ0) is 13.5. The summed E-state index contributed by atoms with van der Waals surface area (Å²) in [4.78, 5) is 18.9. The smallest absolute Gasteiger partial charge is 0.223 e. The van der Waals surface area contributed by atoms with Crippen LogP contribution >= 0.6 is 0 Å². The second-order valence-corrected chi connectivity index (χ2v) is 4.71. The summed E-state index contributed by atoms with van der Waals surface area (Å²) in [6, 6.07) is 10.2. The van der Waals surface area contributed by atoms with Gasteiger partial charge in [-0.05, 0) is 12.0 Å². The number of H-pyrrole nitrogens is 1. The van der Waals surface area contributed by atoms with Crippen LogP contribution in [0.3, 0.4) is 0 Å². The molecular weight excluding hydrogens is 238 g/mol. The molecular formula is C15H19N3O. The van der Waals surface area contributed by atoms with E-state index in [-0.39, 0.29) is 11.8 Å². The molecule has 0 saturated heterocycles. The molecule has 0 aliphatic rings. The Morgan fingerprint density at radius 1 is 1.37 bits per heavy atom. The number of rotatable bonds is 6. The van der Waals surface area contributed by atoms with Crippen LogP contribution in [-0.2, 0) is 17.6 Å². The molecule has 1 aromatic heterocycles. The van der Waals surface area contributed by atoms with Crippen LogP contribution in [0, 0.1) is 5.92 Å². The molecule has 19 heavy (non-hydrogen) atoms. The lowest BCUT2D eigenvalue weighted by Gasteiger charge is -2.11. The van der Waals surface area contributed by atoms with Crippen LogP contribution in [-0.4, -0.2) is 22.4 Å². The number of aromatic nitrogens is 2. The van der Waals surface area contributed by atoms with E-state index < -0.39 is 0 Å². The summed E-state index contributed by atoms with van der Waals surface area (Å²) in [6.45, 7) is 2.61. The molecule has 4 heteroatoms. The lowest BCUT2D eigenvalue weighted by atomic mass is 10.1. The van der Waals surface area contributed by atoms with E-state index in [1.807, 2.05) is 25.1 Å². The van der Waals surface area contributed by atoms with Gasteiger partial charge in [0.2, 0.25) is 5.91 Å². The zero-order valence-electron chi connectivity index (χ0n) is 11.1. The highest BCUT2D eigenvalue weighted by Crippen LogP contribution is 2.05. The molecule has 1 heterocycles. The van der Waals surface area contributed by atoms with Gasteiger partial charge in [0.25, 0.3) is 0 Å². The molecule has 2 N–H and O–H groups in total. The average Bonchev–Trinajstić information content (AvgIpc) is 2.92. The lowest BCUT2D eigenvalue weighted by Crippen LogP contribution is -2.31. The summed E-state index contributed by atoms with van der Waals surface area (Å²) < 4.78 is 0. The van der Waals surface area contributed by atoms with Crippen molar-refractivity contribution < 1.29 is 4.79 Å². The monoisotopic (exact) mass is 257 g/mol. The van der Waals surface area contributed by atoms with Gasteiger partial charge >= 0.3 is 0 Å². The van der Waals surface area contributed by atoms with E-state index >= 15 is 0 Å². The van der Waals surface area contributed by atoms with E-state index in [1.165, 1.54) is 5.56 Å². The van der Waals surface area contributed by atoms with Crippen molar-refractivity contribution in [1.29, 1.82) is 0 Å². The zero-order valence-corrected chi connectivity index (χ0v) is 11.1. The maximum Gasteiger partial charge on any atom is 0.223 e. The number of benzene rings is 1. The fourth-order valence-corrected chi connectivity index (χ4v) is 1.97. The van der Waals surface area contributed by atoms with E-state index in [0.717, 1.165) is 12.1 Å². The molecule has 1 amide bonds. The number of aromatic amines is 1. The molecule has 4 nitrogen and oxygen atoms in total. The van der Waals surface area contributed by atoms with Crippen molar-refractivity contribution in [3.8, 4) is 0 Å². The molecule has 0 fully saturated rings. The quantitative estimate of drug-likeness (QED) is 0.831. The van der Waals surface area contributed by atoms with Gasteiger partial charge < -0.3 is 10.3 Å². The molecule has 0 radical (unpaired) electrons. The van der Waals surface area contributed by atoms with Crippen molar-refractivity contribution in [1.82, 2.24) is 15.3 Å². The standard InChI is InChI=1S/C15H19N3O/c1-12(9-14-10-16-11-18-14)15(19)17-8-7-13-5-3-2-4-6-13/h2-6,10-12H,7-9H2,1H3,(H,16,18)(H,17,19). The third-order valence-electron chi connectivity index (χ3n) is 3.08. The lowest BCUT2D eigenvalue weighted by molar-refractivity contribution is -0.124. The second kappa shape index (κ2) is 6.73. The summed E-state index contributed by atoms with van der Waals surface area (Å²) in [5.74, 6) is 0.0433. The largest absolute Gasteiger partial charge is 0.356 e. The Hall–Kier alpha value is -2.10. The maximum atomic E-state index is 11.9. The Labute approximate surface area is 113 Å². The molecule has 0 bridgehead atoms. The number of nitrogens with one attached hydrogen (secondary N) is 2. The predicted octanol–water partition coefficient (Wildman–Crippen LogP) is 1.95. The van der Waals surface area contributed by atoms with Crippen LogP contribution in [0.1, 0.15) is 18.2 Å². The molecule has 100 valence electrons. The molecule has 1 unspecified atom stereocenters. The van der Waals surface area contributed by atoms with Gasteiger partial charge in [-0.15, -0.1) is 0 Å². The van der Waals surface area contributed by atoms with E-state index in [4.69, 9.17) is 0 Å². The third kappa shape index (κ3) is 4.25. The number of nitrogens with zero attached hydrogens (tertiary/aromatic N) is 1. The van der Waals surface area contributed by atoms with Gasteiger partial charge in [-0.3, -0.25) is 4.79 Å². The Bertz CT molecular complexity index is 493. The Morgan fingerprint density at radius 2 is 2.16 bits per heavy atom. The fourth-order valence-electron chi connectivity index (χ4n) is 1.97. The summed E-state index contributed by atoms with van der Waals surface area (Å²) in [5.41, 5.74) is 2.23. The van der Waals surface area contributed by atoms with Gasteiger partial charge in [0.15, 0.2) is 0 Å². The van der Waals surface area contributed by atoms with Crippen LogP contribution in [0.5, 0.6) is 0 Å². The molecule has 0 aliphatic carbocycles. The minimum absolute atomic E-state index is 0.0452. The molecule has 1 aromatic carbocycles. The highest BCUT2D eigenvalue weighted by Gasteiger charge is 2.13. The van der Waals surface area contributed by atoms with Crippen LogP contribution in [0.4, 0.5) is 0 Å². The van der Waals surface area contributed by atoms with Gasteiger partial charge in [-0.1, -0.05) is 37.3 Å². The van der Waals surface area contributed by atoms with Crippen LogP contribution < -0.4 is 5.32 Å². The minimum Gasteiger partial charge on any atom is -0.356 e. The fraction of sp³-hybridized carbons (Fsp3) is 0.333. The maximum absolute atomic E-state index is 11.9. The minimum atomic E-state index is -0.0452. The highest BCUT2D eigenvalue weighted by atomic mass is 16.1. The first-order valence-corrected chi connectivity index (χ1v) is 6.54. The third-order valence-corrected chi connectivity index (χ3v) is 3.08. The normalized spacial score (nSPS) is 12.1. The van der Waals surface area contributed by atoms with E-state index in [2.05, 4.69) is 27.4 Å². The molecule has 0 saturated carbocycles. The second-order valence-electron chi connectivity index (χ2n) is 4.71. The van der Waals surface area contributed by atoms with E-state index in [1.54, 1.807) is 12.5 Å². The van der Waals surface area contributed by atoms with Crippen LogP contribution in [0.2, 0.25) is 0 Å².